The van der Waals surface area contributed by atoms with Gasteiger partial charge in [0.2, 0.25) is 5.95 Å². The summed E-state index contributed by atoms with van der Waals surface area (Å²) < 4.78 is 0. The Morgan fingerprint density at radius 3 is 2.79 bits per heavy atom. The normalized spacial score (nSPS) is 10.6. The molecule has 1 aromatic rings. The topological polar surface area (TPSA) is 63.8 Å². The number of hydrogen-bond donors (Lipinski definition) is 2. The molecular weight excluding hydrogens is 176 g/mol. The van der Waals surface area contributed by atoms with Crippen LogP contribution < -0.4 is 11.1 Å². The van der Waals surface area contributed by atoms with Crippen molar-refractivity contribution < 1.29 is 0 Å². The molecule has 0 fully saturated rings. The van der Waals surface area contributed by atoms with Gasteiger partial charge in [-0.25, -0.2) is 9.97 Å². The lowest BCUT2D eigenvalue weighted by atomic mass is 10.1. The second-order valence-electron chi connectivity index (χ2n) is 3.63. The summed E-state index contributed by atoms with van der Waals surface area (Å²) in [6.45, 7) is 7.58. The lowest BCUT2D eigenvalue weighted by Crippen LogP contribution is -2.15. The maximum Gasteiger partial charge on any atom is 0.222 e. The van der Waals surface area contributed by atoms with E-state index in [9.17, 15) is 0 Å². The Labute approximate surface area is 85.0 Å². The van der Waals surface area contributed by atoms with Crippen LogP contribution in [-0.4, -0.2) is 23.1 Å². The van der Waals surface area contributed by atoms with Crippen molar-refractivity contribution in [2.24, 2.45) is 5.73 Å². The highest BCUT2D eigenvalue weighted by Gasteiger charge is 2.06. The van der Waals surface area contributed by atoms with E-state index in [1.165, 1.54) is 0 Å². The third-order valence-electron chi connectivity index (χ3n) is 1.99. The average molecular weight is 194 g/mol. The van der Waals surface area contributed by atoms with Crippen molar-refractivity contribution in [3.63, 3.8) is 0 Å². The van der Waals surface area contributed by atoms with E-state index >= 15 is 0 Å². The van der Waals surface area contributed by atoms with Gasteiger partial charge in [-0.2, -0.15) is 0 Å². The van der Waals surface area contributed by atoms with Crippen molar-refractivity contribution in [2.75, 3.05) is 18.4 Å². The highest BCUT2D eigenvalue weighted by Crippen LogP contribution is 2.16. The van der Waals surface area contributed by atoms with Crippen molar-refractivity contribution in [1.29, 1.82) is 0 Å². The molecule has 0 radical (unpaired) electrons. The molecule has 0 amide bonds. The fourth-order valence-corrected chi connectivity index (χ4v) is 1.31. The highest BCUT2D eigenvalue weighted by molar-refractivity contribution is 5.30. The Bertz CT molecular complexity index is 296. The van der Waals surface area contributed by atoms with E-state index in [0.717, 1.165) is 11.3 Å². The van der Waals surface area contributed by atoms with Crippen LogP contribution in [-0.2, 0) is 0 Å². The summed E-state index contributed by atoms with van der Waals surface area (Å²) in [5.74, 6) is 1.10. The van der Waals surface area contributed by atoms with Crippen LogP contribution in [0.15, 0.2) is 6.20 Å². The van der Waals surface area contributed by atoms with Crippen molar-refractivity contribution in [3.05, 3.63) is 17.5 Å². The maximum absolute atomic E-state index is 5.39. The molecule has 3 N–H and O–H groups in total. The van der Waals surface area contributed by atoms with Gasteiger partial charge in [-0.1, -0.05) is 13.8 Å². The minimum absolute atomic E-state index is 0.427. The minimum Gasteiger partial charge on any atom is -0.353 e. The second kappa shape index (κ2) is 4.91. The zero-order valence-corrected chi connectivity index (χ0v) is 9.04. The van der Waals surface area contributed by atoms with Crippen LogP contribution in [0.3, 0.4) is 0 Å². The number of nitrogens with zero attached hydrogens (tertiary/aromatic N) is 2. The van der Waals surface area contributed by atoms with Gasteiger partial charge in [-0.15, -0.1) is 0 Å². The molecule has 0 bridgehead atoms. The summed E-state index contributed by atoms with van der Waals surface area (Å²) in [7, 11) is 0. The molecular formula is C10H18N4. The summed E-state index contributed by atoms with van der Waals surface area (Å²) >= 11 is 0. The summed E-state index contributed by atoms with van der Waals surface area (Å²) in [6.07, 6.45) is 1.85. The zero-order valence-electron chi connectivity index (χ0n) is 9.04. The van der Waals surface area contributed by atoms with E-state index in [1.54, 1.807) is 0 Å². The maximum atomic E-state index is 5.39. The molecule has 0 saturated heterocycles. The van der Waals surface area contributed by atoms with Gasteiger partial charge < -0.3 is 11.1 Å². The Balaban J connectivity index is 2.83. The van der Waals surface area contributed by atoms with E-state index in [1.807, 2.05) is 13.1 Å². The molecule has 1 aromatic heterocycles. The third-order valence-corrected chi connectivity index (χ3v) is 1.99. The first-order valence-corrected chi connectivity index (χ1v) is 4.92. The zero-order chi connectivity index (χ0) is 10.6. The molecule has 0 spiro atoms. The highest BCUT2D eigenvalue weighted by atomic mass is 15.1. The average Bonchev–Trinajstić information content (AvgIpc) is 2.16. The van der Waals surface area contributed by atoms with E-state index in [0.29, 0.717) is 25.0 Å². The molecule has 0 saturated carbocycles. The van der Waals surface area contributed by atoms with E-state index in [4.69, 9.17) is 5.73 Å². The molecule has 0 aliphatic rings. The molecule has 0 aliphatic carbocycles. The quantitative estimate of drug-likeness (QED) is 0.758. The standard InChI is InChI=1S/C10H18N4/c1-7(2)9-8(3)6-13-10(14-9)12-5-4-11/h6-7H,4-5,11H2,1-3H3,(H,12,13,14). The Morgan fingerprint density at radius 2 is 2.21 bits per heavy atom. The Morgan fingerprint density at radius 1 is 1.50 bits per heavy atom. The monoisotopic (exact) mass is 194 g/mol. The molecule has 0 atom stereocenters. The number of hydrogen-bond acceptors (Lipinski definition) is 4. The summed E-state index contributed by atoms with van der Waals surface area (Å²) in [5, 5.41) is 3.07. The number of aromatic nitrogens is 2. The third kappa shape index (κ3) is 2.67. The van der Waals surface area contributed by atoms with Crippen LogP contribution >= 0.6 is 0 Å². The number of nitrogens with two attached hydrogens (primary N) is 1. The largest absolute Gasteiger partial charge is 0.353 e. The van der Waals surface area contributed by atoms with Crippen molar-refractivity contribution >= 4 is 5.95 Å². The Hall–Kier alpha value is -1.16. The van der Waals surface area contributed by atoms with Crippen LogP contribution in [0.1, 0.15) is 31.0 Å². The molecule has 1 rings (SSSR count). The lowest BCUT2D eigenvalue weighted by Gasteiger charge is -2.10. The molecule has 78 valence electrons. The molecule has 14 heavy (non-hydrogen) atoms. The SMILES string of the molecule is Cc1cnc(NCCN)nc1C(C)C. The molecule has 4 nitrogen and oxygen atoms in total. The van der Waals surface area contributed by atoms with Crippen molar-refractivity contribution in [1.82, 2.24) is 9.97 Å². The van der Waals surface area contributed by atoms with Gasteiger partial charge in [0, 0.05) is 19.3 Å². The van der Waals surface area contributed by atoms with Gasteiger partial charge in [0.05, 0.1) is 5.69 Å². The minimum atomic E-state index is 0.427. The number of rotatable bonds is 4. The predicted octanol–water partition coefficient (Wildman–Crippen LogP) is 1.28. The van der Waals surface area contributed by atoms with Gasteiger partial charge in [0.25, 0.3) is 0 Å². The van der Waals surface area contributed by atoms with Gasteiger partial charge in [-0.3, -0.25) is 0 Å². The number of nitrogens with one attached hydrogen (secondary N) is 1. The van der Waals surface area contributed by atoms with E-state index in [2.05, 4.69) is 29.1 Å². The molecule has 0 aliphatic heterocycles. The summed E-state index contributed by atoms with van der Waals surface area (Å²) in [6, 6.07) is 0. The summed E-state index contributed by atoms with van der Waals surface area (Å²) in [5.41, 5.74) is 7.62. The lowest BCUT2D eigenvalue weighted by molar-refractivity contribution is 0.801. The van der Waals surface area contributed by atoms with Crippen molar-refractivity contribution in [2.45, 2.75) is 26.7 Å². The van der Waals surface area contributed by atoms with Crippen LogP contribution in [0.25, 0.3) is 0 Å². The van der Waals surface area contributed by atoms with Gasteiger partial charge in [-0.05, 0) is 18.4 Å². The number of aryl methyl sites for hydroxylation is 1. The van der Waals surface area contributed by atoms with E-state index in [-0.39, 0.29) is 0 Å². The first kappa shape index (κ1) is 10.9. The van der Waals surface area contributed by atoms with Crippen LogP contribution in [0.4, 0.5) is 5.95 Å². The van der Waals surface area contributed by atoms with E-state index < -0.39 is 0 Å². The van der Waals surface area contributed by atoms with Crippen LogP contribution in [0.2, 0.25) is 0 Å². The fraction of sp³-hybridized carbons (Fsp3) is 0.600. The molecule has 1 heterocycles. The fourth-order valence-electron chi connectivity index (χ4n) is 1.31. The Kier molecular flexibility index (Phi) is 3.83. The smallest absolute Gasteiger partial charge is 0.222 e. The second-order valence-corrected chi connectivity index (χ2v) is 3.63. The summed E-state index contributed by atoms with van der Waals surface area (Å²) in [4.78, 5) is 8.61. The van der Waals surface area contributed by atoms with Gasteiger partial charge in [0.15, 0.2) is 0 Å². The first-order valence-electron chi connectivity index (χ1n) is 4.92. The molecule has 4 heteroatoms. The van der Waals surface area contributed by atoms with Crippen molar-refractivity contribution in [3.8, 4) is 0 Å². The predicted molar refractivity (Wildman–Crippen MR) is 58.4 cm³/mol. The number of anilines is 1. The van der Waals surface area contributed by atoms with Gasteiger partial charge in [0.1, 0.15) is 0 Å². The first-order chi connectivity index (χ1) is 6.65. The molecule has 0 unspecified atom stereocenters. The van der Waals surface area contributed by atoms with Crippen LogP contribution in [0.5, 0.6) is 0 Å². The van der Waals surface area contributed by atoms with Gasteiger partial charge >= 0.3 is 0 Å². The van der Waals surface area contributed by atoms with Crippen LogP contribution in [0, 0.1) is 6.92 Å². The molecule has 0 aromatic carbocycles.